The number of benzene rings is 2. The second-order valence-electron chi connectivity index (χ2n) is 13.1. The Morgan fingerprint density at radius 3 is 1.62 bits per heavy atom. The summed E-state index contributed by atoms with van der Waals surface area (Å²) in [5, 5.41) is 13.2. The number of aryl methyl sites for hydroxylation is 4. The molecular weight excluding hydrogens is 735 g/mol. The van der Waals surface area contributed by atoms with Crippen LogP contribution in [-0.4, -0.2) is 64.8 Å². The van der Waals surface area contributed by atoms with Crippen LogP contribution in [-0.2, 0) is 26.9 Å². The van der Waals surface area contributed by atoms with Gasteiger partial charge in [-0.15, -0.1) is 10.2 Å². The molecule has 0 amide bonds. The van der Waals surface area contributed by atoms with Crippen LogP contribution in [0.2, 0.25) is 10.2 Å². The van der Waals surface area contributed by atoms with Crippen LogP contribution in [0, 0.1) is 20.8 Å². The van der Waals surface area contributed by atoms with Crippen LogP contribution in [0.5, 0.6) is 11.8 Å². The summed E-state index contributed by atoms with van der Waals surface area (Å²) in [5.74, 6) is 2.19. The molecule has 0 fully saturated rings. The summed E-state index contributed by atoms with van der Waals surface area (Å²) in [6.07, 6.45) is 4.69. The van der Waals surface area contributed by atoms with Gasteiger partial charge >= 0.3 is 0 Å². The molecule has 2 atom stereocenters. The lowest BCUT2D eigenvalue weighted by atomic mass is 10.1. The summed E-state index contributed by atoms with van der Waals surface area (Å²) in [6, 6.07) is 20.5. The van der Waals surface area contributed by atoms with Gasteiger partial charge in [0.25, 0.3) is 0 Å². The second kappa shape index (κ2) is 20.6. The van der Waals surface area contributed by atoms with Gasteiger partial charge in [0.15, 0.2) is 5.15 Å². The number of anilines is 1. The Balaban J connectivity index is 0.000000205. The van der Waals surface area contributed by atoms with Crippen LogP contribution in [0.15, 0.2) is 73.3 Å². The largest absolute Gasteiger partial charge is 0.475 e. The van der Waals surface area contributed by atoms with E-state index in [2.05, 4.69) is 73.6 Å². The van der Waals surface area contributed by atoms with E-state index in [1.807, 2.05) is 94.5 Å². The minimum absolute atomic E-state index is 0.00609. The van der Waals surface area contributed by atoms with Crippen molar-refractivity contribution in [1.29, 1.82) is 0 Å². The number of nitrogens with one attached hydrogen (secondary N) is 1. The van der Waals surface area contributed by atoms with Crippen molar-refractivity contribution in [1.82, 2.24) is 39.5 Å². The van der Waals surface area contributed by atoms with Gasteiger partial charge in [-0.25, -0.2) is 19.9 Å². The average molecular weight is 788 g/mol. The van der Waals surface area contributed by atoms with Crippen LogP contribution in [0.3, 0.4) is 0 Å². The van der Waals surface area contributed by atoms with E-state index in [4.69, 9.17) is 38.4 Å². The third kappa shape index (κ3) is 11.5. The molecule has 3 N–H and O–H groups in total. The first-order valence-electron chi connectivity index (χ1n) is 18.3. The van der Waals surface area contributed by atoms with Gasteiger partial charge in [0.1, 0.15) is 31.7 Å². The fourth-order valence-corrected chi connectivity index (χ4v) is 6.17. The van der Waals surface area contributed by atoms with Gasteiger partial charge in [-0.05, 0) is 47.5 Å². The summed E-state index contributed by atoms with van der Waals surface area (Å²) in [4.78, 5) is 16.3. The maximum absolute atomic E-state index is 6.01. The van der Waals surface area contributed by atoms with Crippen molar-refractivity contribution in [3.63, 3.8) is 0 Å². The van der Waals surface area contributed by atoms with Crippen molar-refractivity contribution >= 4 is 29.0 Å². The first-order valence-corrected chi connectivity index (χ1v) is 19.0. The normalized spacial score (nSPS) is 11.8. The van der Waals surface area contributed by atoms with Gasteiger partial charge in [-0.3, -0.25) is 9.36 Å². The number of halogens is 2. The van der Waals surface area contributed by atoms with Gasteiger partial charge in [0.05, 0.1) is 28.1 Å². The molecule has 0 saturated carbocycles. The maximum atomic E-state index is 6.01. The molecule has 55 heavy (non-hydrogen) atoms. The van der Waals surface area contributed by atoms with Crippen molar-refractivity contribution in [3.8, 4) is 34.3 Å². The molecule has 292 valence electrons. The lowest BCUT2D eigenvalue weighted by Gasteiger charge is -2.17. The highest BCUT2D eigenvalue weighted by molar-refractivity contribution is 6.41. The van der Waals surface area contributed by atoms with Crippen molar-refractivity contribution in [2.24, 2.45) is 19.8 Å². The number of nitrogens with zero attached hydrogens (tertiary/aromatic N) is 8. The Bertz CT molecular complexity index is 2100. The van der Waals surface area contributed by atoms with Crippen molar-refractivity contribution < 1.29 is 9.47 Å². The highest BCUT2D eigenvalue weighted by Crippen LogP contribution is 2.30. The summed E-state index contributed by atoms with van der Waals surface area (Å²) in [6.45, 7) is 15.1. The molecule has 4 heterocycles. The lowest BCUT2D eigenvalue weighted by molar-refractivity contribution is 0.281. The predicted octanol–water partition coefficient (Wildman–Crippen LogP) is 8.40. The number of ether oxygens (including phenoxy) is 2. The van der Waals surface area contributed by atoms with Gasteiger partial charge < -0.3 is 20.5 Å². The summed E-state index contributed by atoms with van der Waals surface area (Å²) < 4.78 is 15.4. The molecule has 0 aliphatic rings. The lowest BCUT2D eigenvalue weighted by Crippen LogP contribution is -2.25. The first kappa shape index (κ1) is 42.7. The topological polar surface area (TPSA) is 144 Å². The molecule has 6 rings (SSSR count). The highest BCUT2D eigenvalue weighted by atomic mass is 35.5. The van der Waals surface area contributed by atoms with Gasteiger partial charge in [-0.2, -0.15) is 0 Å². The minimum atomic E-state index is 0.00609. The van der Waals surface area contributed by atoms with E-state index in [-0.39, 0.29) is 12.1 Å². The van der Waals surface area contributed by atoms with E-state index in [1.54, 1.807) is 6.33 Å². The number of nitrogens with two attached hydrogens (primary N) is 1. The number of hydrogen-bond acceptors (Lipinski definition) is 10. The van der Waals surface area contributed by atoms with Crippen LogP contribution >= 0.6 is 23.2 Å². The van der Waals surface area contributed by atoms with Crippen LogP contribution in [0.1, 0.15) is 55.8 Å². The molecule has 6 aromatic rings. The van der Waals surface area contributed by atoms with Gasteiger partial charge in [-0.1, -0.05) is 97.7 Å². The molecule has 14 heteroatoms. The second-order valence-corrected chi connectivity index (χ2v) is 13.8. The maximum Gasteiger partial charge on any atom is 0.236 e. The molecule has 4 aromatic heterocycles. The zero-order valence-electron chi connectivity index (χ0n) is 33.1. The van der Waals surface area contributed by atoms with Gasteiger partial charge in [0, 0.05) is 53.6 Å². The van der Waals surface area contributed by atoms with Crippen molar-refractivity contribution in [2.45, 2.75) is 73.4 Å². The standard InChI is InChI=1S/C21H27N5O.C14H19N3O.C6H6Cl2N2/c1-6-18-15(3)20(23-13-22-18)24-14(2)12-27-21-16(4)19(26(5)25-21)17-10-8-7-9-11-17;1-10(15)9-18-14-11(2)13(17(3)16-14)12-7-5-4-6-8-12;1-2-4-5(7)6(8)10-3-9-4/h7-11,13-14H,6,12H2,1-5H3,(H,22,23,24);4-8,10H,9,15H2,1-3H3;3H,2H2,1H3. The Morgan fingerprint density at radius 1 is 0.673 bits per heavy atom. The monoisotopic (exact) mass is 786 g/mol. The summed E-state index contributed by atoms with van der Waals surface area (Å²) >= 11 is 11.3. The van der Waals surface area contributed by atoms with E-state index in [0.29, 0.717) is 35.1 Å². The SMILES string of the molecule is CCc1ncnc(Cl)c1Cl.CCc1ncnc(NC(C)COc2nn(C)c(-c3ccccc3)c2C)c1C.Cc1c(OCC(C)N)nn(C)c1-c1ccccc1. The number of rotatable bonds is 12. The van der Waals surface area contributed by atoms with Crippen molar-refractivity contribution in [3.05, 3.63) is 112 Å². The molecule has 0 spiro atoms. The van der Waals surface area contributed by atoms with Crippen molar-refractivity contribution in [2.75, 3.05) is 18.5 Å². The molecule has 0 radical (unpaired) electrons. The zero-order chi connectivity index (χ0) is 40.1. The smallest absolute Gasteiger partial charge is 0.236 e. The molecule has 2 unspecified atom stereocenters. The van der Waals surface area contributed by atoms with E-state index in [0.717, 1.165) is 69.3 Å². The van der Waals surface area contributed by atoms with Gasteiger partial charge in [0.2, 0.25) is 11.8 Å². The molecule has 0 saturated heterocycles. The average Bonchev–Trinajstić information content (AvgIpc) is 3.64. The molecule has 2 aromatic carbocycles. The zero-order valence-corrected chi connectivity index (χ0v) is 34.7. The molecule has 0 aliphatic heterocycles. The summed E-state index contributed by atoms with van der Waals surface area (Å²) in [5.41, 5.74) is 15.2. The Labute approximate surface area is 334 Å². The minimum Gasteiger partial charge on any atom is -0.475 e. The Kier molecular flexibility index (Phi) is 16.0. The molecule has 12 nitrogen and oxygen atoms in total. The Hall–Kier alpha value is -5.04. The third-order valence-electron chi connectivity index (χ3n) is 8.59. The predicted molar refractivity (Wildman–Crippen MR) is 222 cm³/mol. The van der Waals surface area contributed by atoms with Crippen LogP contribution in [0.25, 0.3) is 22.5 Å². The first-order chi connectivity index (χ1) is 26.4. The number of hydrogen-bond donors (Lipinski definition) is 2. The molecular formula is C41H52Cl2N10O2. The molecule has 0 aliphatic carbocycles. The number of aromatic nitrogens is 8. The van der Waals surface area contributed by atoms with Crippen LogP contribution < -0.4 is 20.5 Å². The quantitative estimate of drug-likeness (QED) is 0.116. The van der Waals surface area contributed by atoms with E-state index in [9.17, 15) is 0 Å². The molecule has 0 bridgehead atoms. The summed E-state index contributed by atoms with van der Waals surface area (Å²) in [7, 11) is 3.87. The fraction of sp³-hybridized carbons (Fsp3) is 0.366. The van der Waals surface area contributed by atoms with Crippen LogP contribution in [0.4, 0.5) is 5.82 Å². The highest BCUT2D eigenvalue weighted by Gasteiger charge is 2.17. The van der Waals surface area contributed by atoms with E-state index >= 15 is 0 Å². The third-order valence-corrected chi connectivity index (χ3v) is 9.37. The fourth-order valence-electron chi connectivity index (χ4n) is 5.79. The van der Waals surface area contributed by atoms with E-state index in [1.165, 1.54) is 6.33 Å². The Morgan fingerprint density at radius 2 is 1.15 bits per heavy atom. The van der Waals surface area contributed by atoms with E-state index < -0.39 is 0 Å².